The molecule has 3 aromatic rings. The van der Waals surface area contributed by atoms with Crippen molar-refractivity contribution in [2.24, 2.45) is 5.92 Å². The summed E-state index contributed by atoms with van der Waals surface area (Å²) >= 11 is 6.14. The molecule has 0 spiro atoms. The zero-order valence-corrected chi connectivity index (χ0v) is 16.8. The summed E-state index contributed by atoms with van der Waals surface area (Å²) in [5, 5.41) is 12.2. The Balaban J connectivity index is 1.59. The van der Waals surface area contributed by atoms with Gasteiger partial charge < -0.3 is 10.1 Å². The number of halogens is 1. The Morgan fingerprint density at radius 1 is 1.17 bits per heavy atom. The van der Waals surface area contributed by atoms with Gasteiger partial charge in [0.2, 0.25) is 5.91 Å². The molecule has 150 valence electrons. The quantitative estimate of drug-likeness (QED) is 0.716. The molecule has 0 fully saturated rings. The van der Waals surface area contributed by atoms with E-state index in [1.165, 1.54) is 0 Å². The topological polar surface area (TPSA) is 69.0 Å². The maximum Gasteiger partial charge on any atom is 0.224 e. The van der Waals surface area contributed by atoms with E-state index < -0.39 is 0 Å². The second-order valence-electron chi connectivity index (χ2n) is 7.28. The molecule has 29 heavy (non-hydrogen) atoms. The van der Waals surface area contributed by atoms with Crippen molar-refractivity contribution in [3.63, 3.8) is 0 Å². The van der Waals surface area contributed by atoms with Crippen molar-refractivity contribution in [1.29, 1.82) is 0 Å². The van der Waals surface area contributed by atoms with E-state index in [1.54, 1.807) is 4.68 Å². The minimum absolute atomic E-state index is 0.00309. The molecule has 7 heteroatoms. The van der Waals surface area contributed by atoms with Gasteiger partial charge in [-0.05, 0) is 36.1 Å². The van der Waals surface area contributed by atoms with Crippen LogP contribution in [0.25, 0.3) is 0 Å². The molecule has 2 aromatic carbocycles. The first-order valence-corrected chi connectivity index (χ1v) is 10.1. The Labute approximate surface area is 174 Å². The first-order chi connectivity index (χ1) is 14.2. The van der Waals surface area contributed by atoms with E-state index in [9.17, 15) is 4.79 Å². The van der Waals surface area contributed by atoms with Gasteiger partial charge in [-0.2, -0.15) is 0 Å². The van der Waals surface area contributed by atoms with Gasteiger partial charge in [0, 0.05) is 17.5 Å². The van der Waals surface area contributed by atoms with Crippen LogP contribution in [0, 0.1) is 5.92 Å². The second kappa shape index (κ2) is 9.20. The zero-order chi connectivity index (χ0) is 20.1. The molecule has 0 saturated carbocycles. The fourth-order valence-corrected chi connectivity index (χ4v) is 3.77. The molecule has 1 aromatic heterocycles. The lowest BCUT2D eigenvalue weighted by molar-refractivity contribution is -0.126. The van der Waals surface area contributed by atoms with E-state index in [1.807, 2.05) is 60.8 Å². The highest BCUT2D eigenvalue weighted by atomic mass is 35.5. The van der Waals surface area contributed by atoms with Gasteiger partial charge in [0.05, 0.1) is 25.5 Å². The number of hydrogen-bond acceptors (Lipinski definition) is 4. The third kappa shape index (κ3) is 5.22. The molecule has 4 rings (SSSR count). The van der Waals surface area contributed by atoms with Crippen LogP contribution in [0.5, 0.6) is 0 Å². The van der Waals surface area contributed by atoms with Crippen LogP contribution in [0.15, 0.2) is 60.8 Å². The number of aromatic nitrogens is 3. The number of hydrogen-bond donors (Lipinski definition) is 1. The Bertz CT molecular complexity index is 960. The van der Waals surface area contributed by atoms with Gasteiger partial charge >= 0.3 is 0 Å². The fraction of sp³-hybridized carbons (Fsp3) is 0.318. The van der Waals surface area contributed by atoms with E-state index in [0.717, 1.165) is 16.8 Å². The number of ether oxygens (including phenoxy) is 1. The van der Waals surface area contributed by atoms with Crippen LogP contribution < -0.4 is 5.32 Å². The Hall–Kier alpha value is -2.70. The van der Waals surface area contributed by atoms with Crippen molar-refractivity contribution >= 4 is 17.5 Å². The average Bonchev–Trinajstić information content (AvgIpc) is 3.18. The van der Waals surface area contributed by atoms with Crippen molar-refractivity contribution < 1.29 is 9.53 Å². The first-order valence-electron chi connectivity index (χ1n) is 9.74. The monoisotopic (exact) mass is 410 g/mol. The van der Waals surface area contributed by atoms with Crippen LogP contribution >= 0.6 is 11.6 Å². The molecule has 0 radical (unpaired) electrons. The van der Waals surface area contributed by atoms with Gasteiger partial charge in [0.1, 0.15) is 5.69 Å². The average molecular weight is 411 g/mol. The molecule has 1 N–H and O–H groups in total. The Morgan fingerprint density at radius 3 is 2.86 bits per heavy atom. The Kier molecular flexibility index (Phi) is 6.22. The highest BCUT2D eigenvalue weighted by Crippen LogP contribution is 2.21. The molecule has 0 aliphatic carbocycles. The summed E-state index contributed by atoms with van der Waals surface area (Å²) in [5.74, 6) is -0.213. The van der Waals surface area contributed by atoms with E-state index in [2.05, 4.69) is 15.6 Å². The molecule has 6 nitrogen and oxygen atoms in total. The molecular weight excluding hydrogens is 388 g/mol. The highest BCUT2D eigenvalue weighted by molar-refractivity contribution is 6.30. The van der Waals surface area contributed by atoms with Gasteiger partial charge in [0.15, 0.2) is 0 Å². The number of carbonyl (C=O) groups excluding carboxylic acids is 1. The van der Waals surface area contributed by atoms with Crippen molar-refractivity contribution in [3.8, 4) is 0 Å². The van der Waals surface area contributed by atoms with Crippen molar-refractivity contribution in [3.05, 3.63) is 82.6 Å². The maximum absolute atomic E-state index is 13.2. The SMILES string of the molecule is O=C1N[C@H](c2ccccc2)COCc2cn(nn2)CC[C@@H]1Cc1cccc(Cl)c1. The third-order valence-corrected chi connectivity index (χ3v) is 5.32. The molecule has 2 atom stereocenters. The lowest BCUT2D eigenvalue weighted by atomic mass is 9.94. The van der Waals surface area contributed by atoms with Crippen LogP contribution in [0.3, 0.4) is 0 Å². The zero-order valence-electron chi connectivity index (χ0n) is 16.0. The molecular formula is C22H23ClN4O2. The van der Waals surface area contributed by atoms with Gasteiger partial charge in [-0.15, -0.1) is 5.10 Å². The summed E-state index contributed by atoms with van der Waals surface area (Å²) in [7, 11) is 0. The minimum Gasteiger partial charge on any atom is -0.373 e. The molecule has 1 aliphatic rings. The van der Waals surface area contributed by atoms with Crippen molar-refractivity contribution in [2.45, 2.75) is 32.0 Å². The molecule has 0 saturated heterocycles. The summed E-state index contributed by atoms with van der Waals surface area (Å²) in [4.78, 5) is 13.2. The van der Waals surface area contributed by atoms with Crippen LogP contribution in [0.1, 0.15) is 29.3 Å². The normalized spacial score (nSPS) is 20.4. The standard InChI is InChI=1S/C22H23ClN4O2/c23-19-8-4-5-16(12-19)11-18-9-10-27-13-20(25-26-27)14-29-15-21(24-22(18)28)17-6-2-1-3-7-17/h1-8,12-13,18,21H,9-11,14-15H2,(H,24,28)/t18-,21+/m1/s1. The number of aryl methyl sites for hydroxylation is 1. The summed E-state index contributed by atoms with van der Waals surface area (Å²) in [6, 6.07) is 17.3. The Morgan fingerprint density at radius 2 is 2.03 bits per heavy atom. The molecule has 1 aliphatic heterocycles. The smallest absolute Gasteiger partial charge is 0.224 e. The number of fused-ring (bicyclic) bond motifs is 2. The number of rotatable bonds is 3. The third-order valence-electron chi connectivity index (χ3n) is 5.09. The summed E-state index contributed by atoms with van der Waals surface area (Å²) < 4.78 is 7.61. The summed E-state index contributed by atoms with van der Waals surface area (Å²) in [6.07, 6.45) is 3.15. The number of amides is 1. The lowest BCUT2D eigenvalue weighted by Crippen LogP contribution is -2.37. The summed E-state index contributed by atoms with van der Waals surface area (Å²) in [5.41, 5.74) is 2.84. The van der Waals surface area contributed by atoms with Gasteiger partial charge in [-0.25, -0.2) is 0 Å². The predicted octanol–water partition coefficient (Wildman–Crippen LogP) is 3.57. The number of carbonyl (C=O) groups is 1. The van der Waals surface area contributed by atoms with E-state index in [0.29, 0.717) is 37.6 Å². The maximum atomic E-state index is 13.2. The van der Waals surface area contributed by atoms with Crippen LogP contribution in [0.2, 0.25) is 5.02 Å². The van der Waals surface area contributed by atoms with Crippen LogP contribution in [-0.4, -0.2) is 27.5 Å². The molecule has 1 amide bonds. The molecule has 2 heterocycles. The van der Waals surface area contributed by atoms with E-state index >= 15 is 0 Å². The van der Waals surface area contributed by atoms with Gasteiger partial charge in [-0.3, -0.25) is 9.48 Å². The number of nitrogens with one attached hydrogen (secondary N) is 1. The number of benzene rings is 2. The largest absolute Gasteiger partial charge is 0.373 e. The van der Waals surface area contributed by atoms with Crippen molar-refractivity contribution in [1.82, 2.24) is 20.3 Å². The predicted molar refractivity (Wildman–Crippen MR) is 110 cm³/mol. The van der Waals surface area contributed by atoms with E-state index in [4.69, 9.17) is 16.3 Å². The van der Waals surface area contributed by atoms with Gasteiger partial charge in [0.25, 0.3) is 0 Å². The molecule has 0 unspecified atom stereocenters. The lowest BCUT2D eigenvalue weighted by Gasteiger charge is -2.24. The summed E-state index contributed by atoms with van der Waals surface area (Å²) in [6.45, 7) is 1.35. The number of nitrogens with zero attached hydrogens (tertiary/aromatic N) is 3. The van der Waals surface area contributed by atoms with Crippen LogP contribution in [-0.2, 0) is 29.1 Å². The van der Waals surface area contributed by atoms with Crippen LogP contribution in [0.4, 0.5) is 0 Å². The molecule has 2 bridgehead atoms. The van der Waals surface area contributed by atoms with Crippen molar-refractivity contribution in [2.75, 3.05) is 6.61 Å². The van der Waals surface area contributed by atoms with E-state index in [-0.39, 0.29) is 17.9 Å². The minimum atomic E-state index is -0.222. The van der Waals surface area contributed by atoms with Gasteiger partial charge in [-0.1, -0.05) is 59.3 Å². The fourth-order valence-electron chi connectivity index (χ4n) is 3.55. The second-order valence-corrected chi connectivity index (χ2v) is 7.72. The highest BCUT2D eigenvalue weighted by Gasteiger charge is 2.24. The first kappa shape index (κ1) is 19.6.